The van der Waals surface area contributed by atoms with Crippen molar-refractivity contribution >= 4 is 17.6 Å². The average Bonchev–Trinajstić information content (AvgIpc) is 3.08. The van der Waals surface area contributed by atoms with Gasteiger partial charge in [0.15, 0.2) is 0 Å². The Morgan fingerprint density at radius 3 is 2.67 bits per heavy atom. The number of halogens is 1. The Balaban J connectivity index is 1.80. The van der Waals surface area contributed by atoms with Crippen LogP contribution in [0.25, 0.3) is 0 Å². The van der Waals surface area contributed by atoms with Gasteiger partial charge in [-0.15, -0.1) is 11.6 Å². The van der Waals surface area contributed by atoms with Crippen LogP contribution < -0.4 is 4.74 Å². The van der Waals surface area contributed by atoms with E-state index in [0.29, 0.717) is 31.6 Å². The second-order valence-electron chi connectivity index (χ2n) is 8.73. The van der Waals surface area contributed by atoms with E-state index in [1.165, 1.54) is 0 Å². The van der Waals surface area contributed by atoms with Gasteiger partial charge in [0.05, 0.1) is 25.4 Å². The molecule has 1 aliphatic carbocycles. The first-order valence-corrected chi connectivity index (χ1v) is 12.5. The summed E-state index contributed by atoms with van der Waals surface area (Å²) < 4.78 is 10.8. The molecular formula is C26H39ClO6. The summed E-state index contributed by atoms with van der Waals surface area (Å²) >= 11 is 6.50. The van der Waals surface area contributed by atoms with Gasteiger partial charge in [-0.1, -0.05) is 50.5 Å². The molecule has 3 N–H and O–H groups in total. The molecule has 0 radical (unpaired) electrons. The number of aliphatic hydroxyl groups excluding tert-OH is 3. The lowest BCUT2D eigenvalue weighted by molar-refractivity contribution is -0.144. The molecule has 0 spiro atoms. The van der Waals surface area contributed by atoms with Gasteiger partial charge in [-0.05, 0) is 49.3 Å². The number of carbonyl (C=O) groups is 1. The molecule has 2 rings (SSSR count). The zero-order valence-corrected chi connectivity index (χ0v) is 20.3. The second-order valence-corrected chi connectivity index (χ2v) is 9.29. The fourth-order valence-electron chi connectivity index (χ4n) is 4.23. The third-order valence-corrected chi connectivity index (χ3v) is 6.71. The van der Waals surface area contributed by atoms with Crippen LogP contribution in [0.1, 0.15) is 70.0 Å². The van der Waals surface area contributed by atoms with Crippen molar-refractivity contribution in [2.24, 2.45) is 11.8 Å². The van der Waals surface area contributed by atoms with Gasteiger partial charge in [0.25, 0.3) is 0 Å². The van der Waals surface area contributed by atoms with E-state index >= 15 is 0 Å². The Hall–Kier alpha value is -1.60. The van der Waals surface area contributed by atoms with Gasteiger partial charge in [-0.25, -0.2) is 0 Å². The van der Waals surface area contributed by atoms with Crippen LogP contribution in [-0.4, -0.2) is 52.6 Å². The Labute approximate surface area is 202 Å². The van der Waals surface area contributed by atoms with E-state index in [9.17, 15) is 15.0 Å². The van der Waals surface area contributed by atoms with Crippen LogP contribution in [0.4, 0.5) is 0 Å². The number of unbranched alkanes of at least 4 members (excludes halogenated alkanes) is 2. The molecule has 33 heavy (non-hydrogen) atoms. The van der Waals surface area contributed by atoms with Crippen LogP contribution in [0.15, 0.2) is 36.4 Å². The van der Waals surface area contributed by atoms with Gasteiger partial charge < -0.3 is 24.8 Å². The first-order chi connectivity index (χ1) is 16.0. The SMILES string of the molecule is CCCCCC(O)c1ccc(OC[C@@H]2[C@@H](C/C=C\CCC(=O)OCCO)[C@H](Cl)C[C@H]2O)cc1. The molecule has 0 aromatic heterocycles. The molecule has 6 nitrogen and oxygen atoms in total. The predicted molar refractivity (Wildman–Crippen MR) is 129 cm³/mol. The van der Waals surface area contributed by atoms with Crippen LogP contribution in [-0.2, 0) is 9.53 Å². The number of benzene rings is 1. The maximum Gasteiger partial charge on any atom is 0.306 e. The monoisotopic (exact) mass is 482 g/mol. The lowest BCUT2D eigenvalue weighted by Crippen LogP contribution is -2.27. The molecule has 7 heteroatoms. The second kappa shape index (κ2) is 15.3. The van der Waals surface area contributed by atoms with Gasteiger partial charge in [-0.2, -0.15) is 0 Å². The highest BCUT2D eigenvalue weighted by Gasteiger charge is 2.41. The third kappa shape index (κ3) is 9.65. The van der Waals surface area contributed by atoms with E-state index in [1.807, 2.05) is 36.4 Å². The van der Waals surface area contributed by atoms with Crippen molar-refractivity contribution in [1.29, 1.82) is 0 Å². The lowest BCUT2D eigenvalue weighted by Gasteiger charge is -2.23. The van der Waals surface area contributed by atoms with Crippen molar-refractivity contribution in [3.63, 3.8) is 0 Å². The summed E-state index contributed by atoms with van der Waals surface area (Å²) in [6.07, 6.45) is 9.05. The van der Waals surface area contributed by atoms with Crippen LogP contribution in [0.5, 0.6) is 5.75 Å². The highest BCUT2D eigenvalue weighted by Crippen LogP contribution is 2.39. The number of hydrogen-bond acceptors (Lipinski definition) is 6. The number of hydrogen-bond donors (Lipinski definition) is 3. The Morgan fingerprint density at radius 2 is 1.97 bits per heavy atom. The molecule has 1 aromatic rings. The summed E-state index contributed by atoms with van der Waals surface area (Å²) in [7, 11) is 0. The molecule has 0 heterocycles. The minimum Gasteiger partial charge on any atom is -0.493 e. The van der Waals surface area contributed by atoms with E-state index in [0.717, 1.165) is 31.2 Å². The van der Waals surface area contributed by atoms with Crippen LogP contribution in [0.2, 0.25) is 0 Å². The van der Waals surface area contributed by atoms with Crippen molar-refractivity contribution in [3.8, 4) is 5.75 Å². The fourth-order valence-corrected chi connectivity index (χ4v) is 4.70. The summed E-state index contributed by atoms with van der Waals surface area (Å²) in [4.78, 5) is 11.5. The number of alkyl halides is 1. The molecule has 1 unspecified atom stereocenters. The minimum atomic E-state index is -0.515. The summed E-state index contributed by atoms with van der Waals surface area (Å²) in [5, 5.41) is 29.3. The average molecular weight is 483 g/mol. The molecular weight excluding hydrogens is 444 g/mol. The van der Waals surface area contributed by atoms with Crippen molar-refractivity contribution in [2.75, 3.05) is 19.8 Å². The molecule has 1 saturated carbocycles. The van der Waals surface area contributed by atoms with Crippen molar-refractivity contribution < 1.29 is 29.6 Å². The van der Waals surface area contributed by atoms with Gasteiger partial charge in [0, 0.05) is 17.7 Å². The predicted octanol–water partition coefficient (Wildman–Crippen LogP) is 4.55. The quantitative estimate of drug-likeness (QED) is 0.147. The highest BCUT2D eigenvalue weighted by atomic mass is 35.5. The Morgan fingerprint density at radius 1 is 1.21 bits per heavy atom. The normalized spacial score (nSPS) is 23.7. The molecule has 1 aliphatic rings. The molecule has 186 valence electrons. The zero-order valence-electron chi connectivity index (χ0n) is 19.6. The van der Waals surface area contributed by atoms with Crippen LogP contribution in [0.3, 0.4) is 0 Å². The number of aliphatic hydroxyl groups is 3. The molecule has 1 aromatic carbocycles. The third-order valence-electron chi connectivity index (χ3n) is 6.21. The van der Waals surface area contributed by atoms with Gasteiger partial charge in [-0.3, -0.25) is 4.79 Å². The minimum absolute atomic E-state index is 0.0282. The van der Waals surface area contributed by atoms with Crippen molar-refractivity contribution in [3.05, 3.63) is 42.0 Å². The molecule has 5 atom stereocenters. The van der Waals surface area contributed by atoms with E-state index in [2.05, 4.69) is 6.92 Å². The van der Waals surface area contributed by atoms with Crippen molar-refractivity contribution in [2.45, 2.75) is 75.9 Å². The van der Waals surface area contributed by atoms with Gasteiger partial charge in [0.2, 0.25) is 0 Å². The zero-order chi connectivity index (χ0) is 24.1. The maximum atomic E-state index is 11.5. The highest BCUT2D eigenvalue weighted by molar-refractivity contribution is 6.21. The van der Waals surface area contributed by atoms with E-state index in [-0.39, 0.29) is 42.8 Å². The number of carbonyl (C=O) groups excluding carboxylic acids is 1. The first kappa shape index (κ1) is 27.6. The van der Waals surface area contributed by atoms with E-state index < -0.39 is 12.2 Å². The number of rotatable bonds is 15. The molecule has 1 fully saturated rings. The Kier molecular flexibility index (Phi) is 12.8. The lowest BCUT2D eigenvalue weighted by atomic mass is 9.92. The summed E-state index contributed by atoms with van der Waals surface area (Å²) in [5.41, 5.74) is 0.892. The van der Waals surface area contributed by atoms with Gasteiger partial charge >= 0.3 is 5.97 Å². The number of ether oxygens (including phenoxy) is 2. The van der Waals surface area contributed by atoms with Crippen molar-refractivity contribution in [1.82, 2.24) is 0 Å². The maximum absolute atomic E-state index is 11.5. The standard InChI is InChI=1S/C26H39ClO6/c1-2-3-5-9-24(29)19-11-13-20(14-12-19)33-18-22-21(23(27)17-25(22)30)8-6-4-7-10-26(31)32-16-15-28/h4,6,11-14,21-25,28-30H,2-3,5,7-10,15-18H2,1H3/b6-4-/t21-,22-,23-,24?,25-/m1/s1. The largest absolute Gasteiger partial charge is 0.493 e. The van der Waals surface area contributed by atoms with Gasteiger partial charge in [0.1, 0.15) is 12.4 Å². The van der Waals surface area contributed by atoms with Crippen LogP contribution in [0, 0.1) is 11.8 Å². The molecule has 0 amide bonds. The Bertz CT molecular complexity index is 707. The number of esters is 1. The van der Waals surface area contributed by atoms with E-state index in [4.69, 9.17) is 26.2 Å². The molecule has 0 aliphatic heterocycles. The number of allylic oxidation sites excluding steroid dienone is 2. The summed E-state index contributed by atoms with van der Waals surface area (Å²) in [5.74, 6) is 0.385. The first-order valence-electron chi connectivity index (χ1n) is 12.1. The summed E-state index contributed by atoms with van der Waals surface area (Å²) in [6.45, 7) is 2.37. The smallest absolute Gasteiger partial charge is 0.306 e. The molecule has 0 saturated heterocycles. The van der Waals surface area contributed by atoms with Crippen LogP contribution >= 0.6 is 11.6 Å². The van der Waals surface area contributed by atoms with E-state index in [1.54, 1.807) is 0 Å². The topological polar surface area (TPSA) is 96.2 Å². The molecule has 0 bridgehead atoms. The fraction of sp³-hybridized carbons (Fsp3) is 0.654. The summed E-state index contributed by atoms with van der Waals surface area (Å²) in [6, 6.07) is 7.52.